The molecule has 2 aliphatic heterocycles. The Hall–Kier alpha value is -3.43. The van der Waals surface area contributed by atoms with Gasteiger partial charge in [0.2, 0.25) is 5.91 Å². The van der Waals surface area contributed by atoms with Crippen LogP contribution in [0.3, 0.4) is 0 Å². The first-order valence-corrected chi connectivity index (χ1v) is 12.7. The highest BCUT2D eigenvalue weighted by atomic mass is 32.1. The second kappa shape index (κ2) is 9.31. The van der Waals surface area contributed by atoms with Crippen molar-refractivity contribution in [2.75, 3.05) is 48.0 Å². The fourth-order valence-corrected chi connectivity index (χ4v) is 5.91. The summed E-state index contributed by atoms with van der Waals surface area (Å²) in [6, 6.07) is 16.3. The van der Waals surface area contributed by atoms with Gasteiger partial charge in [-0.2, -0.15) is 0 Å². The number of benzene rings is 2. The lowest BCUT2D eigenvalue weighted by Crippen LogP contribution is -2.39. The van der Waals surface area contributed by atoms with E-state index >= 15 is 0 Å². The van der Waals surface area contributed by atoms with Crippen LogP contribution in [0, 0.1) is 5.82 Å². The van der Waals surface area contributed by atoms with Crippen molar-refractivity contribution in [3.63, 3.8) is 0 Å². The number of thiazole rings is 1. The zero-order valence-corrected chi connectivity index (χ0v) is 20.0. The van der Waals surface area contributed by atoms with E-state index in [1.54, 1.807) is 12.1 Å². The summed E-state index contributed by atoms with van der Waals surface area (Å²) < 4.78 is 19.1. The van der Waals surface area contributed by atoms with Crippen molar-refractivity contribution >= 4 is 44.1 Å². The molecule has 9 heteroatoms. The van der Waals surface area contributed by atoms with Crippen molar-refractivity contribution in [3.05, 3.63) is 60.4 Å². The highest BCUT2D eigenvalue weighted by Crippen LogP contribution is 2.39. The van der Waals surface area contributed by atoms with Gasteiger partial charge >= 0.3 is 0 Å². The number of halogens is 1. The first-order valence-electron chi connectivity index (χ1n) is 11.9. The van der Waals surface area contributed by atoms with Crippen molar-refractivity contribution in [3.8, 4) is 11.3 Å². The number of anilines is 3. The highest BCUT2D eigenvalue weighted by molar-refractivity contribution is 7.20. The third kappa shape index (κ3) is 4.37. The monoisotopic (exact) mass is 491 g/mol. The SMILES string of the molecule is O=C(Nc1nc(-c2ccc(F)cc2)c(N2CCOCC2)s1)[C@@H]1CCCN1c1cc2ccccc2[nH]1. The lowest BCUT2D eigenvalue weighted by Gasteiger charge is -2.28. The van der Waals surface area contributed by atoms with Gasteiger partial charge in [-0.05, 0) is 49.2 Å². The van der Waals surface area contributed by atoms with Crippen molar-refractivity contribution in [2.24, 2.45) is 0 Å². The Bertz CT molecular complexity index is 1310. The molecule has 0 saturated carbocycles. The zero-order chi connectivity index (χ0) is 23.8. The minimum absolute atomic E-state index is 0.0610. The van der Waals surface area contributed by atoms with E-state index in [9.17, 15) is 9.18 Å². The second-order valence-corrected chi connectivity index (χ2v) is 9.84. The van der Waals surface area contributed by atoms with Crippen LogP contribution in [0.4, 0.5) is 20.3 Å². The molecule has 4 aromatic rings. The van der Waals surface area contributed by atoms with Gasteiger partial charge in [-0.3, -0.25) is 4.79 Å². The molecule has 1 amide bonds. The second-order valence-electron chi connectivity index (χ2n) is 8.86. The van der Waals surface area contributed by atoms with E-state index in [0.717, 1.165) is 65.5 Å². The third-order valence-corrected chi connectivity index (χ3v) is 7.67. The summed E-state index contributed by atoms with van der Waals surface area (Å²) in [7, 11) is 0. The highest BCUT2D eigenvalue weighted by Gasteiger charge is 2.33. The Balaban J connectivity index is 1.27. The number of morpholine rings is 1. The summed E-state index contributed by atoms with van der Waals surface area (Å²) in [5, 5.41) is 5.73. The minimum Gasteiger partial charge on any atom is -0.378 e. The molecule has 180 valence electrons. The number of hydrogen-bond donors (Lipinski definition) is 2. The van der Waals surface area contributed by atoms with E-state index in [1.807, 2.05) is 18.2 Å². The summed E-state index contributed by atoms with van der Waals surface area (Å²) in [4.78, 5) is 26.0. The molecule has 2 aromatic carbocycles. The molecule has 0 bridgehead atoms. The summed E-state index contributed by atoms with van der Waals surface area (Å²) >= 11 is 1.46. The molecule has 35 heavy (non-hydrogen) atoms. The van der Waals surface area contributed by atoms with Crippen LogP contribution in [0.1, 0.15) is 12.8 Å². The Morgan fingerprint density at radius 3 is 2.71 bits per heavy atom. The van der Waals surface area contributed by atoms with E-state index in [-0.39, 0.29) is 17.8 Å². The number of aromatic nitrogens is 2. The minimum atomic E-state index is -0.288. The van der Waals surface area contributed by atoms with Gasteiger partial charge in [-0.15, -0.1) is 0 Å². The Labute approximate surface area is 206 Å². The van der Waals surface area contributed by atoms with Crippen LogP contribution < -0.4 is 15.1 Å². The van der Waals surface area contributed by atoms with Crippen LogP contribution in [0.5, 0.6) is 0 Å². The quantitative estimate of drug-likeness (QED) is 0.417. The average molecular weight is 492 g/mol. The number of para-hydroxylation sites is 1. The number of ether oxygens (including phenoxy) is 1. The first kappa shape index (κ1) is 22.1. The number of fused-ring (bicyclic) bond motifs is 1. The smallest absolute Gasteiger partial charge is 0.248 e. The molecular weight excluding hydrogens is 465 g/mol. The molecule has 7 nitrogen and oxygen atoms in total. The predicted octanol–water partition coefficient (Wildman–Crippen LogP) is 4.87. The molecule has 2 saturated heterocycles. The molecule has 0 aliphatic carbocycles. The van der Waals surface area contributed by atoms with Gasteiger partial charge in [0.15, 0.2) is 5.13 Å². The van der Waals surface area contributed by atoms with E-state index in [0.29, 0.717) is 18.3 Å². The Morgan fingerprint density at radius 2 is 1.91 bits per heavy atom. The zero-order valence-electron chi connectivity index (χ0n) is 19.2. The van der Waals surface area contributed by atoms with Crippen LogP contribution >= 0.6 is 11.3 Å². The Kier molecular flexibility index (Phi) is 5.87. The molecule has 0 radical (unpaired) electrons. The molecule has 4 heterocycles. The summed E-state index contributed by atoms with van der Waals surface area (Å²) in [5.41, 5.74) is 2.64. The molecule has 2 aliphatic rings. The fraction of sp³-hybridized carbons (Fsp3) is 0.308. The lowest BCUT2D eigenvalue weighted by molar-refractivity contribution is -0.117. The molecule has 2 fully saturated rings. The maximum Gasteiger partial charge on any atom is 0.248 e. The number of rotatable bonds is 5. The topological polar surface area (TPSA) is 73.5 Å². The number of H-pyrrole nitrogens is 1. The van der Waals surface area contributed by atoms with Crippen LogP contribution in [0.15, 0.2) is 54.6 Å². The van der Waals surface area contributed by atoms with Gasteiger partial charge in [0, 0.05) is 36.1 Å². The number of amides is 1. The fourth-order valence-electron chi connectivity index (χ4n) is 4.87. The number of carbonyl (C=O) groups excluding carboxylic acids is 1. The van der Waals surface area contributed by atoms with Crippen LogP contribution in [-0.2, 0) is 9.53 Å². The first-order chi connectivity index (χ1) is 17.2. The standard InChI is InChI=1S/C26H26FN5O2S/c27-19-9-7-17(8-10-19)23-25(31-12-14-34-15-13-31)35-26(29-23)30-24(33)21-6-3-11-32(21)22-16-18-4-1-2-5-20(18)28-22/h1-2,4-5,7-10,16,21,28H,3,6,11-15H2,(H,29,30,33)/t21-/m0/s1. The molecule has 2 N–H and O–H groups in total. The summed E-state index contributed by atoms with van der Waals surface area (Å²) in [5.74, 6) is 0.613. The van der Waals surface area contributed by atoms with Crippen molar-refractivity contribution in [1.82, 2.24) is 9.97 Å². The van der Waals surface area contributed by atoms with Crippen LogP contribution in [0.2, 0.25) is 0 Å². The predicted molar refractivity (Wildman–Crippen MR) is 138 cm³/mol. The van der Waals surface area contributed by atoms with Crippen molar-refractivity contribution < 1.29 is 13.9 Å². The molecule has 2 aromatic heterocycles. The van der Waals surface area contributed by atoms with Gasteiger partial charge < -0.3 is 24.8 Å². The van der Waals surface area contributed by atoms with E-state index < -0.39 is 0 Å². The maximum absolute atomic E-state index is 13.5. The summed E-state index contributed by atoms with van der Waals surface area (Å²) in [6.45, 7) is 3.61. The third-order valence-electron chi connectivity index (χ3n) is 6.64. The number of nitrogens with zero attached hydrogens (tertiary/aromatic N) is 3. The maximum atomic E-state index is 13.5. The van der Waals surface area contributed by atoms with Gasteiger partial charge in [-0.1, -0.05) is 29.5 Å². The normalized spacial score (nSPS) is 18.4. The van der Waals surface area contributed by atoms with Crippen molar-refractivity contribution in [1.29, 1.82) is 0 Å². The van der Waals surface area contributed by atoms with Crippen LogP contribution in [-0.4, -0.2) is 54.8 Å². The molecule has 0 unspecified atom stereocenters. The van der Waals surface area contributed by atoms with E-state index in [1.165, 1.54) is 23.5 Å². The number of carbonyl (C=O) groups is 1. The number of aromatic amines is 1. The van der Waals surface area contributed by atoms with Gasteiger partial charge in [-0.25, -0.2) is 9.37 Å². The molecular formula is C26H26FN5O2S. The van der Waals surface area contributed by atoms with E-state index in [2.05, 4.69) is 32.2 Å². The Morgan fingerprint density at radius 1 is 1.11 bits per heavy atom. The van der Waals surface area contributed by atoms with Gasteiger partial charge in [0.1, 0.15) is 28.4 Å². The number of nitrogens with one attached hydrogen (secondary N) is 2. The lowest BCUT2D eigenvalue weighted by atomic mass is 10.1. The van der Waals surface area contributed by atoms with Gasteiger partial charge in [0.05, 0.1) is 13.2 Å². The molecule has 0 spiro atoms. The average Bonchev–Trinajstić information content (AvgIpc) is 3.63. The molecule has 6 rings (SSSR count). The van der Waals surface area contributed by atoms with Gasteiger partial charge in [0.25, 0.3) is 0 Å². The largest absolute Gasteiger partial charge is 0.378 e. The molecule has 1 atom stereocenters. The van der Waals surface area contributed by atoms with Crippen molar-refractivity contribution in [2.45, 2.75) is 18.9 Å². The van der Waals surface area contributed by atoms with E-state index in [4.69, 9.17) is 9.72 Å². The van der Waals surface area contributed by atoms with Crippen LogP contribution in [0.25, 0.3) is 22.2 Å². The number of hydrogen-bond acceptors (Lipinski definition) is 6. The summed E-state index contributed by atoms with van der Waals surface area (Å²) in [6.07, 6.45) is 1.74.